The van der Waals surface area contributed by atoms with Gasteiger partial charge in [-0.1, -0.05) is 18.2 Å². The van der Waals surface area contributed by atoms with Crippen LogP contribution < -0.4 is 0 Å². The molecule has 1 amide bonds. The Balaban J connectivity index is 1.58. The number of hydrogen-bond donors (Lipinski definition) is 1. The first-order valence-corrected chi connectivity index (χ1v) is 9.70. The normalized spacial score (nSPS) is 13.3. The number of phenols is 1. The molecular weight excluding hydrogens is 381 g/mol. The molecule has 0 aliphatic carbocycles. The highest BCUT2D eigenvalue weighted by molar-refractivity contribution is 6.07. The molecule has 5 rings (SSSR count). The van der Waals surface area contributed by atoms with Crippen molar-refractivity contribution in [3.8, 4) is 17.0 Å². The number of pyridine rings is 2. The molecule has 0 bridgehead atoms. The smallest absolute Gasteiger partial charge is 0.254 e. The lowest BCUT2D eigenvalue weighted by Gasteiger charge is -2.29. The third-order valence-electron chi connectivity index (χ3n) is 5.46. The maximum atomic E-state index is 14.4. The predicted octanol–water partition coefficient (Wildman–Crippen LogP) is 4.34. The summed E-state index contributed by atoms with van der Waals surface area (Å²) in [6.45, 7) is 0.618. The Kier molecular flexibility index (Phi) is 4.39. The van der Waals surface area contributed by atoms with Crippen molar-refractivity contribution < 1.29 is 14.3 Å². The molecule has 0 fully saturated rings. The molecule has 6 heteroatoms. The van der Waals surface area contributed by atoms with E-state index in [-0.39, 0.29) is 18.2 Å². The first-order valence-electron chi connectivity index (χ1n) is 9.70. The van der Waals surface area contributed by atoms with E-state index in [1.807, 2.05) is 36.4 Å². The second-order valence-corrected chi connectivity index (χ2v) is 7.36. The molecule has 2 aromatic carbocycles. The van der Waals surface area contributed by atoms with Crippen molar-refractivity contribution in [3.63, 3.8) is 0 Å². The van der Waals surface area contributed by atoms with Crippen molar-refractivity contribution in [1.29, 1.82) is 0 Å². The summed E-state index contributed by atoms with van der Waals surface area (Å²) in [6, 6.07) is 15.7. The first kappa shape index (κ1) is 18.2. The van der Waals surface area contributed by atoms with Crippen LogP contribution in [0, 0.1) is 5.82 Å². The number of carbonyl (C=O) groups excluding carboxylic acids is 1. The third kappa shape index (κ3) is 3.16. The van der Waals surface area contributed by atoms with Crippen molar-refractivity contribution in [1.82, 2.24) is 14.9 Å². The van der Waals surface area contributed by atoms with E-state index in [0.717, 1.165) is 28.1 Å². The minimum Gasteiger partial charge on any atom is -0.508 e. The highest BCUT2D eigenvalue weighted by atomic mass is 19.1. The zero-order valence-electron chi connectivity index (χ0n) is 16.0. The fraction of sp³-hybridized carbons (Fsp3) is 0.125. The molecule has 30 heavy (non-hydrogen) atoms. The number of benzene rings is 2. The van der Waals surface area contributed by atoms with Gasteiger partial charge in [-0.05, 0) is 42.3 Å². The summed E-state index contributed by atoms with van der Waals surface area (Å²) in [5.41, 5.74) is 3.93. The lowest BCUT2D eigenvalue weighted by molar-refractivity contribution is 0.0734. The lowest BCUT2D eigenvalue weighted by atomic mass is 9.97. The Morgan fingerprint density at radius 1 is 1.10 bits per heavy atom. The van der Waals surface area contributed by atoms with Gasteiger partial charge in [0.15, 0.2) is 0 Å². The van der Waals surface area contributed by atoms with Crippen LogP contribution in [0.2, 0.25) is 0 Å². The number of amides is 1. The zero-order valence-corrected chi connectivity index (χ0v) is 16.0. The number of aromatic hydroxyl groups is 1. The van der Waals surface area contributed by atoms with E-state index in [4.69, 9.17) is 4.98 Å². The lowest BCUT2D eigenvalue weighted by Crippen LogP contribution is -2.36. The SMILES string of the molecule is O=C(c1cc(-c2cccnc2)nc2ccccc12)N1CCc2cc(O)cc(F)c2C1. The Morgan fingerprint density at radius 2 is 1.97 bits per heavy atom. The van der Waals surface area contributed by atoms with Crippen LogP contribution in [0.15, 0.2) is 67.0 Å². The molecule has 2 aromatic heterocycles. The van der Waals surface area contributed by atoms with E-state index in [0.29, 0.717) is 29.8 Å². The highest BCUT2D eigenvalue weighted by Gasteiger charge is 2.26. The van der Waals surface area contributed by atoms with Crippen LogP contribution in [0.4, 0.5) is 4.39 Å². The van der Waals surface area contributed by atoms with Gasteiger partial charge in [-0.15, -0.1) is 0 Å². The standard InChI is InChI=1S/C24H18FN3O2/c25-21-11-17(29)10-15-7-9-28(14-20(15)21)24(30)19-12-23(16-4-3-8-26-13-16)27-22-6-2-1-5-18(19)22/h1-6,8,10-13,29H,7,9,14H2. The van der Waals surface area contributed by atoms with Crippen molar-refractivity contribution >= 4 is 16.8 Å². The monoisotopic (exact) mass is 399 g/mol. The molecule has 0 atom stereocenters. The van der Waals surface area contributed by atoms with E-state index < -0.39 is 5.82 Å². The summed E-state index contributed by atoms with van der Waals surface area (Å²) in [6.07, 6.45) is 3.89. The van der Waals surface area contributed by atoms with Crippen LogP contribution >= 0.6 is 0 Å². The van der Waals surface area contributed by atoms with E-state index >= 15 is 0 Å². The maximum Gasteiger partial charge on any atom is 0.254 e. The number of halogens is 1. The molecule has 1 aliphatic heterocycles. The number of para-hydroxylation sites is 1. The molecule has 1 N–H and O–H groups in total. The largest absolute Gasteiger partial charge is 0.508 e. The molecule has 5 nitrogen and oxygen atoms in total. The van der Waals surface area contributed by atoms with E-state index in [2.05, 4.69) is 4.98 Å². The van der Waals surface area contributed by atoms with Crippen LogP contribution in [0.25, 0.3) is 22.2 Å². The van der Waals surface area contributed by atoms with Crippen molar-refractivity contribution in [2.24, 2.45) is 0 Å². The second-order valence-electron chi connectivity index (χ2n) is 7.36. The Hall–Kier alpha value is -3.80. The van der Waals surface area contributed by atoms with Crippen LogP contribution in [0.1, 0.15) is 21.5 Å². The summed E-state index contributed by atoms with van der Waals surface area (Å²) in [4.78, 5) is 24.0. The minimum absolute atomic E-state index is 0.0905. The van der Waals surface area contributed by atoms with Gasteiger partial charge >= 0.3 is 0 Å². The number of aromatic nitrogens is 2. The topological polar surface area (TPSA) is 66.3 Å². The molecule has 0 unspecified atom stereocenters. The Morgan fingerprint density at radius 3 is 2.80 bits per heavy atom. The van der Waals surface area contributed by atoms with E-state index in [9.17, 15) is 14.3 Å². The fourth-order valence-corrected chi connectivity index (χ4v) is 3.96. The van der Waals surface area contributed by atoms with Crippen LogP contribution in [0.3, 0.4) is 0 Å². The fourth-order valence-electron chi connectivity index (χ4n) is 3.96. The number of hydrogen-bond acceptors (Lipinski definition) is 4. The quantitative estimate of drug-likeness (QED) is 0.545. The molecule has 4 aromatic rings. The van der Waals surface area contributed by atoms with Gasteiger partial charge in [-0.3, -0.25) is 9.78 Å². The first-order chi connectivity index (χ1) is 14.6. The average Bonchev–Trinajstić information content (AvgIpc) is 2.78. The number of phenolic OH excluding ortho intramolecular Hbond substituents is 1. The van der Waals surface area contributed by atoms with Crippen molar-refractivity contribution in [2.45, 2.75) is 13.0 Å². The molecule has 0 spiro atoms. The number of rotatable bonds is 2. The maximum absolute atomic E-state index is 14.4. The van der Waals surface area contributed by atoms with E-state index in [1.165, 1.54) is 0 Å². The molecular formula is C24H18FN3O2. The Labute approximate surface area is 172 Å². The Bertz CT molecular complexity index is 1270. The minimum atomic E-state index is -0.488. The van der Waals surface area contributed by atoms with Gasteiger partial charge in [0.25, 0.3) is 5.91 Å². The van der Waals surface area contributed by atoms with Gasteiger partial charge in [0, 0.05) is 48.1 Å². The van der Waals surface area contributed by atoms with Gasteiger partial charge in [-0.25, -0.2) is 9.37 Å². The summed E-state index contributed by atoms with van der Waals surface area (Å²) < 4.78 is 14.4. The number of nitrogens with zero attached hydrogens (tertiary/aromatic N) is 3. The van der Waals surface area contributed by atoms with Gasteiger partial charge in [-0.2, -0.15) is 0 Å². The summed E-state index contributed by atoms with van der Waals surface area (Å²) in [5.74, 6) is -0.748. The highest BCUT2D eigenvalue weighted by Crippen LogP contribution is 2.30. The van der Waals surface area contributed by atoms with Gasteiger partial charge in [0.05, 0.1) is 16.8 Å². The zero-order chi connectivity index (χ0) is 20.7. The second kappa shape index (κ2) is 7.22. The van der Waals surface area contributed by atoms with Crippen LogP contribution in [0.5, 0.6) is 5.75 Å². The van der Waals surface area contributed by atoms with Crippen LogP contribution in [-0.4, -0.2) is 32.4 Å². The molecule has 148 valence electrons. The summed E-state index contributed by atoms with van der Waals surface area (Å²) in [7, 11) is 0. The number of fused-ring (bicyclic) bond motifs is 2. The molecule has 0 saturated heterocycles. The average molecular weight is 399 g/mol. The number of carbonyl (C=O) groups is 1. The summed E-state index contributed by atoms with van der Waals surface area (Å²) in [5, 5.41) is 10.4. The molecule has 0 saturated carbocycles. The van der Waals surface area contributed by atoms with Crippen LogP contribution in [-0.2, 0) is 13.0 Å². The van der Waals surface area contributed by atoms with E-state index in [1.54, 1.807) is 29.4 Å². The summed E-state index contributed by atoms with van der Waals surface area (Å²) >= 11 is 0. The van der Waals surface area contributed by atoms with Crippen molar-refractivity contribution in [3.05, 3.63) is 89.5 Å². The molecule has 1 aliphatic rings. The predicted molar refractivity (Wildman–Crippen MR) is 111 cm³/mol. The van der Waals surface area contributed by atoms with Crippen molar-refractivity contribution in [2.75, 3.05) is 6.54 Å². The van der Waals surface area contributed by atoms with Gasteiger partial charge in [0.2, 0.25) is 0 Å². The van der Waals surface area contributed by atoms with Gasteiger partial charge < -0.3 is 10.0 Å². The van der Waals surface area contributed by atoms with Gasteiger partial charge in [0.1, 0.15) is 11.6 Å². The third-order valence-corrected chi connectivity index (χ3v) is 5.46. The molecule has 0 radical (unpaired) electrons. The molecule has 3 heterocycles.